The lowest BCUT2D eigenvalue weighted by atomic mass is 9.94. The maximum atomic E-state index is 14.0. The third-order valence-electron chi connectivity index (χ3n) is 6.43. The lowest BCUT2D eigenvalue weighted by Crippen LogP contribution is -2.29. The Labute approximate surface area is 203 Å². The van der Waals surface area contributed by atoms with Gasteiger partial charge in [0.2, 0.25) is 0 Å². The molecule has 3 aromatic carbocycles. The van der Waals surface area contributed by atoms with Crippen LogP contribution in [0.1, 0.15) is 52.6 Å². The van der Waals surface area contributed by atoms with Crippen molar-refractivity contribution in [1.82, 2.24) is 4.90 Å². The highest BCUT2D eigenvalue weighted by atomic mass is 19.4. The summed E-state index contributed by atoms with van der Waals surface area (Å²) in [5, 5.41) is 19.7. The summed E-state index contributed by atoms with van der Waals surface area (Å²) in [7, 11) is 0. The van der Waals surface area contributed by atoms with Crippen LogP contribution >= 0.6 is 0 Å². The van der Waals surface area contributed by atoms with E-state index in [0.717, 1.165) is 43.5 Å². The number of likely N-dealkylation sites (tertiary alicyclic amines) is 1. The van der Waals surface area contributed by atoms with Crippen LogP contribution in [0.2, 0.25) is 0 Å². The zero-order chi connectivity index (χ0) is 24.8. The van der Waals surface area contributed by atoms with E-state index in [1.165, 1.54) is 18.2 Å². The molecule has 1 aliphatic rings. The number of hydrogen-bond acceptors (Lipinski definition) is 3. The van der Waals surface area contributed by atoms with E-state index in [1.54, 1.807) is 18.2 Å². The molecule has 1 aliphatic heterocycles. The van der Waals surface area contributed by atoms with Crippen molar-refractivity contribution in [2.24, 2.45) is 0 Å². The van der Waals surface area contributed by atoms with Crippen molar-refractivity contribution in [3.8, 4) is 17.2 Å². The number of piperidine rings is 1. The molecular weight excluding hydrogens is 449 g/mol. The van der Waals surface area contributed by atoms with Crippen LogP contribution in [0, 0.1) is 11.3 Å². The van der Waals surface area contributed by atoms with Crippen LogP contribution in [-0.2, 0) is 19.3 Å². The van der Waals surface area contributed by atoms with Gasteiger partial charge in [-0.15, -0.1) is 0 Å². The Hall–Kier alpha value is -3.40. The minimum atomic E-state index is -4.55. The van der Waals surface area contributed by atoms with Gasteiger partial charge in [-0.25, -0.2) is 0 Å². The summed E-state index contributed by atoms with van der Waals surface area (Å²) in [6.07, 6.45) is 1.58. The molecule has 1 saturated heterocycles. The number of nitriles is 1. The monoisotopic (exact) mass is 476 g/mol. The minimum absolute atomic E-state index is 0.0297. The second kappa shape index (κ2) is 10.9. The van der Waals surface area contributed by atoms with Crippen molar-refractivity contribution in [3.05, 3.63) is 94.0 Å². The maximum absolute atomic E-state index is 14.0. The molecule has 0 spiro atoms. The second-order valence-electron chi connectivity index (χ2n) is 8.78. The van der Waals surface area contributed by atoms with E-state index in [1.807, 2.05) is 36.4 Å². The third kappa shape index (κ3) is 5.82. The molecule has 3 nitrogen and oxygen atoms in total. The molecule has 0 bridgehead atoms. The predicted octanol–water partition coefficient (Wildman–Crippen LogP) is 6.89. The standard InChI is InChI=1S/C29H27F3N2O/c30-29(31,32)28-17-24(19-34-14-5-2-6-15-34)25(20-35)16-23(28)13-12-22-10-7-11-26(27(22)18-33)21-8-3-1-4-9-21/h1,3-4,7-13,16-17,35H,2,5-6,14-15,19-20H2/b13-12+. The molecule has 35 heavy (non-hydrogen) atoms. The van der Waals surface area contributed by atoms with E-state index >= 15 is 0 Å². The molecule has 0 radical (unpaired) electrons. The fourth-order valence-corrected chi connectivity index (χ4v) is 4.62. The zero-order valence-electron chi connectivity index (χ0n) is 19.4. The van der Waals surface area contributed by atoms with E-state index in [2.05, 4.69) is 11.0 Å². The second-order valence-corrected chi connectivity index (χ2v) is 8.78. The van der Waals surface area contributed by atoms with Crippen LogP contribution in [0.3, 0.4) is 0 Å². The molecule has 0 unspecified atom stereocenters. The first-order valence-corrected chi connectivity index (χ1v) is 11.7. The first-order valence-electron chi connectivity index (χ1n) is 11.7. The Kier molecular flexibility index (Phi) is 7.70. The number of aliphatic hydroxyl groups excluding tert-OH is 1. The summed E-state index contributed by atoms with van der Waals surface area (Å²) in [5.74, 6) is 0. The summed E-state index contributed by atoms with van der Waals surface area (Å²) in [6.45, 7) is 1.75. The lowest BCUT2D eigenvalue weighted by Gasteiger charge is -2.28. The first kappa shape index (κ1) is 24.7. The fraction of sp³-hybridized carbons (Fsp3) is 0.276. The molecule has 1 heterocycles. The number of hydrogen-bond donors (Lipinski definition) is 1. The summed E-state index contributed by atoms with van der Waals surface area (Å²) in [6, 6.07) is 19.5. The summed E-state index contributed by atoms with van der Waals surface area (Å²) < 4.78 is 42.1. The molecule has 0 saturated carbocycles. The topological polar surface area (TPSA) is 47.3 Å². The first-order chi connectivity index (χ1) is 16.9. The highest BCUT2D eigenvalue weighted by molar-refractivity contribution is 5.81. The van der Waals surface area contributed by atoms with Gasteiger partial charge in [0.1, 0.15) is 6.07 Å². The molecule has 1 fully saturated rings. The molecule has 4 rings (SSSR count). The van der Waals surface area contributed by atoms with Gasteiger partial charge in [0.15, 0.2) is 0 Å². The quantitative estimate of drug-likeness (QED) is 0.394. The Morgan fingerprint density at radius 2 is 1.60 bits per heavy atom. The van der Waals surface area contributed by atoms with Crippen LogP contribution < -0.4 is 0 Å². The number of alkyl halides is 3. The molecular formula is C29H27F3N2O. The highest BCUT2D eigenvalue weighted by Crippen LogP contribution is 2.36. The zero-order valence-corrected chi connectivity index (χ0v) is 19.4. The van der Waals surface area contributed by atoms with Crippen LogP contribution in [0.25, 0.3) is 23.3 Å². The molecule has 0 atom stereocenters. The average Bonchev–Trinajstić information content (AvgIpc) is 2.88. The van der Waals surface area contributed by atoms with Gasteiger partial charge in [-0.05, 0) is 65.9 Å². The minimum Gasteiger partial charge on any atom is -0.392 e. The van der Waals surface area contributed by atoms with Crippen LogP contribution in [-0.4, -0.2) is 23.1 Å². The Morgan fingerprint density at radius 1 is 0.886 bits per heavy atom. The number of nitrogens with zero attached hydrogens (tertiary/aromatic N) is 2. The maximum Gasteiger partial charge on any atom is 0.416 e. The van der Waals surface area contributed by atoms with Gasteiger partial charge in [0.25, 0.3) is 0 Å². The Balaban J connectivity index is 1.73. The lowest BCUT2D eigenvalue weighted by molar-refractivity contribution is -0.137. The average molecular weight is 477 g/mol. The smallest absolute Gasteiger partial charge is 0.392 e. The summed E-state index contributed by atoms with van der Waals surface area (Å²) in [5.41, 5.74) is 2.73. The third-order valence-corrected chi connectivity index (χ3v) is 6.43. The number of benzene rings is 3. The van der Waals surface area contributed by atoms with Gasteiger partial charge in [0.05, 0.1) is 17.7 Å². The van der Waals surface area contributed by atoms with E-state index in [9.17, 15) is 23.5 Å². The van der Waals surface area contributed by atoms with Gasteiger partial charge in [-0.1, -0.05) is 67.1 Å². The summed E-state index contributed by atoms with van der Waals surface area (Å²) in [4.78, 5) is 2.14. The number of halogens is 3. The SMILES string of the molecule is N#Cc1c(/C=C/c2cc(CO)c(CN3CCCCC3)cc2C(F)(F)F)cccc1-c1ccccc1. The van der Waals surface area contributed by atoms with Crippen molar-refractivity contribution >= 4 is 12.2 Å². The Morgan fingerprint density at radius 3 is 2.26 bits per heavy atom. The van der Waals surface area contributed by atoms with Gasteiger partial charge < -0.3 is 5.11 Å². The molecule has 1 N–H and O–H groups in total. The van der Waals surface area contributed by atoms with E-state index in [-0.39, 0.29) is 12.2 Å². The number of aliphatic hydroxyl groups is 1. The van der Waals surface area contributed by atoms with Gasteiger partial charge in [-0.2, -0.15) is 18.4 Å². The van der Waals surface area contributed by atoms with Crippen LogP contribution in [0.15, 0.2) is 60.7 Å². The normalized spacial score (nSPS) is 14.8. The van der Waals surface area contributed by atoms with E-state index in [4.69, 9.17) is 0 Å². The van der Waals surface area contributed by atoms with E-state index < -0.39 is 11.7 Å². The summed E-state index contributed by atoms with van der Waals surface area (Å²) >= 11 is 0. The van der Waals surface area contributed by atoms with Crippen molar-refractivity contribution in [2.45, 2.75) is 38.6 Å². The van der Waals surface area contributed by atoms with Crippen LogP contribution in [0.5, 0.6) is 0 Å². The molecule has 3 aromatic rings. The Bertz CT molecular complexity index is 1240. The number of rotatable bonds is 6. The molecule has 0 amide bonds. The molecule has 0 aromatic heterocycles. The highest BCUT2D eigenvalue weighted by Gasteiger charge is 2.34. The van der Waals surface area contributed by atoms with Crippen molar-refractivity contribution in [2.75, 3.05) is 13.1 Å². The van der Waals surface area contributed by atoms with Gasteiger partial charge >= 0.3 is 6.18 Å². The van der Waals surface area contributed by atoms with Crippen LogP contribution in [0.4, 0.5) is 13.2 Å². The predicted molar refractivity (Wildman–Crippen MR) is 132 cm³/mol. The molecule has 0 aliphatic carbocycles. The molecule has 180 valence electrons. The van der Waals surface area contributed by atoms with Crippen molar-refractivity contribution < 1.29 is 18.3 Å². The van der Waals surface area contributed by atoms with E-state index in [0.29, 0.717) is 28.8 Å². The van der Waals surface area contributed by atoms with Crippen molar-refractivity contribution in [3.63, 3.8) is 0 Å². The fourth-order valence-electron chi connectivity index (χ4n) is 4.62. The van der Waals surface area contributed by atoms with Gasteiger partial charge in [-0.3, -0.25) is 4.90 Å². The van der Waals surface area contributed by atoms with Crippen molar-refractivity contribution in [1.29, 1.82) is 5.26 Å². The molecule has 6 heteroatoms. The van der Waals surface area contributed by atoms with Gasteiger partial charge in [0, 0.05) is 12.1 Å². The largest absolute Gasteiger partial charge is 0.416 e.